The SMILES string of the molecule is Cc1ccc(C(NC(=O)CN2C(=O)NC(C)(c3ccc(C)cc3)C2=O)C2CC2)cc1. The molecule has 2 atom stereocenters. The molecular weight excluding hydrogens is 378 g/mol. The van der Waals surface area contributed by atoms with E-state index in [0.29, 0.717) is 11.5 Å². The van der Waals surface area contributed by atoms with Crippen LogP contribution in [0.5, 0.6) is 0 Å². The van der Waals surface area contributed by atoms with E-state index in [0.717, 1.165) is 34.4 Å². The molecule has 2 N–H and O–H groups in total. The highest BCUT2D eigenvalue weighted by molar-refractivity contribution is 6.09. The maximum atomic E-state index is 13.1. The van der Waals surface area contributed by atoms with Crippen molar-refractivity contribution in [2.75, 3.05) is 6.54 Å². The summed E-state index contributed by atoms with van der Waals surface area (Å²) in [5, 5.41) is 5.80. The number of carbonyl (C=O) groups is 3. The van der Waals surface area contributed by atoms with Crippen LogP contribution in [-0.4, -0.2) is 29.3 Å². The first-order valence-electron chi connectivity index (χ1n) is 10.3. The van der Waals surface area contributed by atoms with E-state index in [4.69, 9.17) is 0 Å². The molecule has 0 bridgehead atoms. The van der Waals surface area contributed by atoms with E-state index in [2.05, 4.69) is 10.6 Å². The third-order valence-corrected chi connectivity index (χ3v) is 6.05. The molecule has 156 valence electrons. The summed E-state index contributed by atoms with van der Waals surface area (Å²) in [7, 11) is 0. The number of amides is 4. The molecule has 2 aliphatic rings. The lowest BCUT2D eigenvalue weighted by molar-refractivity contribution is -0.135. The van der Waals surface area contributed by atoms with Crippen LogP contribution in [0.2, 0.25) is 0 Å². The van der Waals surface area contributed by atoms with Crippen molar-refractivity contribution in [3.05, 3.63) is 70.8 Å². The zero-order valence-electron chi connectivity index (χ0n) is 17.6. The molecule has 2 fully saturated rings. The van der Waals surface area contributed by atoms with Crippen LogP contribution in [0.1, 0.15) is 48.1 Å². The minimum Gasteiger partial charge on any atom is -0.347 e. The Balaban J connectivity index is 1.47. The normalized spacial score (nSPS) is 22.0. The molecule has 0 aromatic heterocycles. The molecule has 1 aliphatic heterocycles. The van der Waals surface area contributed by atoms with Crippen LogP contribution < -0.4 is 10.6 Å². The minimum absolute atomic E-state index is 0.0950. The largest absolute Gasteiger partial charge is 0.347 e. The Bertz CT molecular complexity index is 980. The Morgan fingerprint density at radius 2 is 1.63 bits per heavy atom. The van der Waals surface area contributed by atoms with Crippen molar-refractivity contribution in [3.8, 4) is 0 Å². The fourth-order valence-electron chi connectivity index (χ4n) is 3.96. The summed E-state index contributed by atoms with van der Waals surface area (Å²) in [6, 6.07) is 14.9. The zero-order chi connectivity index (χ0) is 21.5. The van der Waals surface area contributed by atoms with Crippen molar-refractivity contribution in [1.29, 1.82) is 0 Å². The second kappa shape index (κ2) is 7.59. The maximum absolute atomic E-state index is 13.1. The number of aryl methyl sites for hydroxylation is 2. The van der Waals surface area contributed by atoms with Gasteiger partial charge in [0.15, 0.2) is 0 Å². The van der Waals surface area contributed by atoms with Gasteiger partial charge in [-0.15, -0.1) is 0 Å². The van der Waals surface area contributed by atoms with Crippen molar-refractivity contribution in [2.24, 2.45) is 5.92 Å². The highest BCUT2D eigenvalue weighted by Crippen LogP contribution is 2.41. The lowest BCUT2D eigenvalue weighted by atomic mass is 9.91. The molecule has 6 nitrogen and oxygen atoms in total. The monoisotopic (exact) mass is 405 g/mol. The van der Waals surface area contributed by atoms with Gasteiger partial charge in [-0.2, -0.15) is 0 Å². The molecule has 2 unspecified atom stereocenters. The molecular formula is C24H27N3O3. The van der Waals surface area contributed by atoms with Gasteiger partial charge in [0, 0.05) is 0 Å². The van der Waals surface area contributed by atoms with Crippen molar-refractivity contribution >= 4 is 17.8 Å². The van der Waals surface area contributed by atoms with E-state index in [1.165, 1.54) is 0 Å². The van der Waals surface area contributed by atoms with E-state index in [-0.39, 0.29) is 18.5 Å². The first-order chi connectivity index (χ1) is 14.3. The first kappa shape index (κ1) is 20.1. The van der Waals surface area contributed by atoms with Crippen molar-refractivity contribution in [3.63, 3.8) is 0 Å². The third kappa shape index (κ3) is 3.82. The smallest absolute Gasteiger partial charge is 0.325 e. The highest BCUT2D eigenvalue weighted by Gasteiger charge is 2.49. The lowest BCUT2D eigenvalue weighted by Crippen LogP contribution is -2.44. The number of nitrogens with zero attached hydrogens (tertiary/aromatic N) is 1. The molecule has 30 heavy (non-hydrogen) atoms. The van der Waals surface area contributed by atoms with Crippen LogP contribution in [0.3, 0.4) is 0 Å². The predicted molar refractivity (Wildman–Crippen MR) is 114 cm³/mol. The Morgan fingerprint density at radius 3 is 2.20 bits per heavy atom. The lowest BCUT2D eigenvalue weighted by Gasteiger charge is -2.23. The molecule has 1 heterocycles. The van der Waals surface area contributed by atoms with Crippen LogP contribution in [0.25, 0.3) is 0 Å². The number of hydrogen-bond donors (Lipinski definition) is 2. The van der Waals surface area contributed by atoms with E-state index in [9.17, 15) is 14.4 Å². The molecule has 0 spiro atoms. The van der Waals surface area contributed by atoms with Crippen LogP contribution in [0.15, 0.2) is 48.5 Å². The van der Waals surface area contributed by atoms with Gasteiger partial charge in [0.1, 0.15) is 12.1 Å². The van der Waals surface area contributed by atoms with E-state index >= 15 is 0 Å². The molecule has 1 saturated carbocycles. The van der Waals surface area contributed by atoms with E-state index < -0.39 is 17.5 Å². The summed E-state index contributed by atoms with van der Waals surface area (Å²) >= 11 is 0. The molecule has 0 radical (unpaired) electrons. The maximum Gasteiger partial charge on any atom is 0.325 e. The number of rotatable bonds is 6. The highest BCUT2D eigenvalue weighted by atomic mass is 16.2. The van der Waals surface area contributed by atoms with Crippen LogP contribution in [0, 0.1) is 19.8 Å². The van der Waals surface area contributed by atoms with Gasteiger partial charge in [0.05, 0.1) is 6.04 Å². The second-order valence-electron chi connectivity index (χ2n) is 8.61. The molecule has 1 aliphatic carbocycles. The van der Waals surface area contributed by atoms with Crippen LogP contribution in [0.4, 0.5) is 4.79 Å². The van der Waals surface area contributed by atoms with Gasteiger partial charge in [-0.25, -0.2) is 4.79 Å². The summed E-state index contributed by atoms with van der Waals surface area (Å²) in [4.78, 5) is 39.4. The average Bonchev–Trinajstić information content (AvgIpc) is 3.53. The van der Waals surface area contributed by atoms with Gasteiger partial charge in [-0.3, -0.25) is 14.5 Å². The third-order valence-electron chi connectivity index (χ3n) is 6.05. The minimum atomic E-state index is -1.17. The van der Waals surface area contributed by atoms with Gasteiger partial charge < -0.3 is 10.6 Å². The summed E-state index contributed by atoms with van der Waals surface area (Å²) in [5.74, 6) is -0.341. The zero-order valence-corrected chi connectivity index (χ0v) is 17.6. The van der Waals surface area contributed by atoms with E-state index in [1.54, 1.807) is 6.92 Å². The quantitative estimate of drug-likeness (QED) is 0.724. The second-order valence-corrected chi connectivity index (χ2v) is 8.61. The number of hydrogen-bond acceptors (Lipinski definition) is 3. The van der Waals surface area contributed by atoms with E-state index in [1.807, 2.05) is 62.4 Å². The van der Waals surface area contributed by atoms with Crippen LogP contribution in [-0.2, 0) is 15.1 Å². The predicted octanol–water partition coefficient (Wildman–Crippen LogP) is 3.34. The number of urea groups is 1. The Kier molecular flexibility index (Phi) is 5.10. The van der Waals surface area contributed by atoms with Crippen molar-refractivity contribution < 1.29 is 14.4 Å². The fourth-order valence-corrected chi connectivity index (χ4v) is 3.96. The Morgan fingerprint density at radius 1 is 1.07 bits per heavy atom. The molecule has 2 aromatic rings. The van der Waals surface area contributed by atoms with Gasteiger partial charge >= 0.3 is 6.03 Å². The molecule has 6 heteroatoms. The first-order valence-corrected chi connectivity index (χ1v) is 10.3. The summed E-state index contributed by atoms with van der Waals surface area (Å²) in [6.45, 7) is 5.37. The molecule has 4 rings (SSSR count). The number of benzene rings is 2. The Hall–Kier alpha value is -3.15. The molecule has 2 aromatic carbocycles. The van der Waals surface area contributed by atoms with Crippen molar-refractivity contribution in [1.82, 2.24) is 15.5 Å². The van der Waals surface area contributed by atoms with Gasteiger partial charge in [-0.1, -0.05) is 59.7 Å². The molecule has 4 amide bonds. The topological polar surface area (TPSA) is 78.5 Å². The summed E-state index contributed by atoms with van der Waals surface area (Å²) in [5.41, 5.74) is 2.81. The Labute approximate surface area is 176 Å². The summed E-state index contributed by atoms with van der Waals surface area (Å²) in [6.07, 6.45) is 2.13. The standard InChI is InChI=1S/C24H27N3O3/c1-15-4-8-17(9-5-15)21(18-10-11-18)25-20(28)14-27-22(29)24(3,26-23(27)30)19-12-6-16(2)7-13-19/h4-9,12-13,18,21H,10-11,14H2,1-3H3,(H,25,28)(H,26,30). The number of nitrogens with one attached hydrogen (secondary N) is 2. The van der Waals surface area contributed by atoms with Gasteiger partial charge in [0.25, 0.3) is 5.91 Å². The van der Waals surface area contributed by atoms with Gasteiger partial charge in [-0.05, 0) is 50.7 Å². The van der Waals surface area contributed by atoms with Gasteiger partial charge in [0.2, 0.25) is 5.91 Å². The number of carbonyl (C=O) groups excluding carboxylic acids is 3. The molecule has 1 saturated heterocycles. The number of imide groups is 1. The fraction of sp³-hybridized carbons (Fsp3) is 0.375. The van der Waals surface area contributed by atoms with Crippen molar-refractivity contribution in [2.45, 2.75) is 45.2 Å². The summed E-state index contributed by atoms with van der Waals surface area (Å²) < 4.78 is 0. The van der Waals surface area contributed by atoms with Crippen LogP contribution >= 0.6 is 0 Å². The average molecular weight is 405 g/mol.